The van der Waals surface area contributed by atoms with E-state index in [-0.39, 0.29) is 29.6 Å². The van der Waals surface area contributed by atoms with E-state index in [9.17, 15) is 9.59 Å². The average Bonchev–Trinajstić information content (AvgIpc) is 2.82. The van der Waals surface area contributed by atoms with Crippen molar-refractivity contribution in [2.75, 3.05) is 18.5 Å². The second-order valence-corrected chi connectivity index (χ2v) is 8.08. The molecule has 1 heterocycles. The number of halogens is 2. The molecule has 7 nitrogen and oxygen atoms in total. The van der Waals surface area contributed by atoms with Gasteiger partial charge in [-0.1, -0.05) is 35.3 Å². The summed E-state index contributed by atoms with van der Waals surface area (Å²) in [5.74, 6) is 0.167. The number of ether oxygens (including phenoxy) is 2. The maximum absolute atomic E-state index is 12.6. The van der Waals surface area contributed by atoms with E-state index in [1.165, 1.54) is 19.1 Å². The highest BCUT2D eigenvalue weighted by atomic mass is 35.5. The predicted octanol–water partition coefficient (Wildman–Crippen LogP) is 5.85. The molecule has 34 heavy (non-hydrogen) atoms. The molecule has 4 rings (SSSR count). The molecule has 0 unspecified atom stereocenters. The number of hydrogen-bond donors (Lipinski definition) is 1. The number of Topliss-reactive ketones (excluding diaryl/α,β-unsaturated/α-hetero) is 1. The van der Waals surface area contributed by atoms with E-state index >= 15 is 0 Å². The number of ketones is 1. The van der Waals surface area contributed by atoms with Crippen molar-refractivity contribution in [3.63, 3.8) is 0 Å². The second kappa shape index (κ2) is 10.5. The van der Waals surface area contributed by atoms with Crippen LogP contribution in [0.2, 0.25) is 10.0 Å². The van der Waals surface area contributed by atoms with E-state index in [0.717, 1.165) is 11.0 Å². The molecule has 3 aromatic carbocycles. The van der Waals surface area contributed by atoms with Gasteiger partial charge in [-0.3, -0.25) is 9.59 Å². The van der Waals surface area contributed by atoms with Crippen LogP contribution in [-0.2, 0) is 0 Å². The van der Waals surface area contributed by atoms with Gasteiger partial charge in [0, 0.05) is 10.6 Å². The summed E-state index contributed by atoms with van der Waals surface area (Å²) in [6, 6.07) is 16.9. The van der Waals surface area contributed by atoms with E-state index in [1.54, 1.807) is 30.5 Å². The SMILES string of the molecule is CC(=O)c1cc(OCCOc2cnc3ccccc3n2)ccc1NC(=O)c1ccc(Cl)cc1Cl. The number of nitrogens with zero attached hydrogens (tertiary/aromatic N) is 2. The van der Waals surface area contributed by atoms with Gasteiger partial charge in [0.1, 0.15) is 19.0 Å². The van der Waals surface area contributed by atoms with Crippen LogP contribution in [0, 0.1) is 0 Å². The predicted molar refractivity (Wildman–Crippen MR) is 131 cm³/mol. The van der Waals surface area contributed by atoms with Gasteiger partial charge in [0.25, 0.3) is 5.91 Å². The van der Waals surface area contributed by atoms with E-state index < -0.39 is 5.91 Å². The van der Waals surface area contributed by atoms with E-state index in [0.29, 0.717) is 27.9 Å². The largest absolute Gasteiger partial charge is 0.490 e. The van der Waals surface area contributed by atoms with Crippen molar-refractivity contribution >= 4 is 51.6 Å². The lowest BCUT2D eigenvalue weighted by Crippen LogP contribution is -2.15. The Labute approximate surface area is 205 Å². The third kappa shape index (κ3) is 5.62. The molecule has 0 radical (unpaired) electrons. The Hall–Kier alpha value is -3.68. The van der Waals surface area contributed by atoms with Crippen LogP contribution in [0.4, 0.5) is 5.69 Å². The number of carbonyl (C=O) groups is 2. The van der Waals surface area contributed by atoms with Crippen molar-refractivity contribution in [3.05, 3.63) is 88.0 Å². The molecule has 172 valence electrons. The Balaban J connectivity index is 1.38. The first-order chi connectivity index (χ1) is 16.4. The Kier molecular flexibility index (Phi) is 7.25. The molecular weight excluding hydrogens is 477 g/mol. The van der Waals surface area contributed by atoms with Crippen molar-refractivity contribution in [3.8, 4) is 11.6 Å². The van der Waals surface area contributed by atoms with Gasteiger partial charge >= 0.3 is 0 Å². The van der Waals surface area contributed by atoms with Crippen molar-refractivity contribution in [1.82, 2.24) is 9.97 Å². The fraction of sp³-hybridized carbons (Fsp3) is 0.120. The maximum Gasteiger partial charge on any atom is 0.257 e. The topological polar surface area (TPSA) is 90.4 Å². The zero-order valence-corrected chi connectivity index (χ0v) is 19.6. The van der Waals surface area contributed by atoms with Crippen LogP contribution in [0.15, 0.2) is 66.9 Å². The number of carbonyl (C=O) groups excluding carboxylic acids is 2. The number of nitrogens with one attached hydrogen (secondary N) is 1. The molecule has 0 spiro atoms. The summed E-state index contributed by atoms with van der Waals surface area (Å²) in [4.78, 5) is 33.5. The molecule has 0 aliphatic rings. The first-order valence-electron chi connectivity index (χ1n) is 10.3. The molecule has 0 bridgehead atoms. The lowest BCUT2D eigenvalue weighted by Gasteiger charge is -2.13. The monoisotopic (exact) mass is 495 g/mol. The molecule has 9 heteroatoms. The number of hydrogen-bond acceptors (Lipinski definition) is 6. The van der Waals surface area contributed by atoms with Gasteiger partial charge in [-0.15, -0.1) is 0 Å². The van der Waals surface area contributed by atoms with Crippen molar-refractivity contribution in [1.29, 1.82) is 0 Å². The molecule has 0 saturated heterocycles. The Morgan fingerprint density at radius 3 is 2.44 bits per heavy atom. The Morgan fingerprint density at radius 1 is 0.912 bits per heavy atom. The summed E-state index contributed by atoms with van der Waals surface area (Å²) >= 11 is 12.0. The molecule has 0 atom stereocenters. The number of benzene rings is 3. The van der Waals surface area contributed by atoms with Gasteiger partial charge in [0.15, 0.2) is 5.78 Å². The van der Waals surface area contributed by atoms with Crippen molar-refractivity contribution < 1.29 is 19.1 Å². The lowest BCUT2D eigenvalue weighted by molar-refractivity contribution is 0.101. The number of fused-ring (bicyclic) bond motifs is 1. The second-order valence-electron chi connectivity index (χ2n) is 7.24. The smallest absolute Gasteiger partial charge is 0.257 e. The molecule has 0 fully saturated rings. The van der Waals surface area contributed by atoms with E-state index in [2.05, 4.69) is 15.3 Å². The number of para-hydroxylation sites is 2. The zero-order chi connectivity index (χ0) is 24.1. The highest BCUT2D eigenvalue weighted by Crippen LogP contribution is 2.26. The van der Waals surface area contributed by atoms with Gasteiger partial charge in [-0.2, -0.15) is 0 Å². The van der Waals surface area contributed by atoms with Crippen molar-refractivity contribution in [2.24, 2.45) is 0 Å². The van der Waals surface area contributed by atoms with Gasteiger partial charge in [0.2, 0.25) is 5.88 Å². The molecule has 1 aromatic heterocycles. The quantitative estimate of drug-likeness (QED) is 0.243. The van der Waals surface area contributed by atoms with E-state index in [1.807, 2.05) is 24.3 Å². The maximum atomic E-state index is 12.6. The summed E-state index contributed by atoms with van der Waals surface area (Å²) in [7, 11) is 0. The number of aromatic nitrogens is 2. The third-order valence-corrected chi connectivity index (χ3v) is 5.37. The summed E-state index contributed by atoms with van der Waals surface area (Å²) in [6.07, 6.45) is 1.56. The highest BCUT2D eigenvalue weighted by molar-refractivity contribution is 6.37. The lowest BCUT2D eigenvalue weighted by atomic mass is 10.1. The minimum atomic E-state index is -0.456. The Morgan fingerprint density at radius 2 is 1.68 bits per heavy atom. The van der Waals surface area contributed by atoms with Gasteiger partial charge in [0.05, 0.1) is 33.5 Å². The fourth-order valence-corrected chi connectivity index (χ4v) is 3.69. The first-order valence-corrected chi connectivity index (χ1v) is 11.0. The normalized spacial score (nSPS) is 10.7. The minimum absolute atomic E-state index is 0.213. The minimum Gasteiger partial charge on any atom is -0.490 e. The first kappa shape index (κ1) is 23.5. The van der Waals surface area contributed by atoms with Crippen molar-refractivity contribution in [2.45, 2.75) is 6.92 Å². The van der Waals surface area contributed by atoms with Gasteiger partial charge in [-0.25, -0.2) is 9.97 Å². The number of anilines is 1. The fourth-order valence-electron chi connectivity index (χ4n) is 3.19. The summed E-state index contributed by atoms with van der Waals surface area (Å²) in [5.41, 5.74) is 2.42. The van der Waals surface area contributed by atoms with E-state index in [4.69, 9.17) is 32.7 Å². The van der Waals surface area contributed by atoms with Crippen LogP contribution in [0.3, 0.4) is 0 Å². The van der Waals surface area contributed by atoms with Gasteiger partial charge < -0.3 is 14.8 Å². The van der Waals surface area contributed by atoms with Crippen LogP contribution in [-0.4, -0.2) is 34.9 Å². The highest BCUT2D eigenvalue weighted by Gasteiger charge is 2.15. The van der Waals surface area contributed by atoms with Gasteiger partial charge in [-0.05, 0) is 55.5 Å². The van der Waals surface area contributed by atoms with Crippen LogP contribution < -0.4 is 14.8 Å². The van der Waals surface area contributed by atoms with Crippen LogP contribution in [0.25, 0.3) is 11.0 Å². The molecule has 4 aromatic rings. The van der Waals surface area contributed by atoms with Crippen LogP contribution in [0.1, 0.15) is 27.6 Å². The standard InChI is InChI=1S/C25H19Cl2N3O4/c1-15(31)19-13-17(7-9-21(19)30-25(32)18-8-6-16(26)12-20(18)27)33-10-11-34-24-14-28-22-4-2-3-5-23(22)29-24/h2-9,12-14H,10-11H2,1H3,(H,30,32). The Bertz CT molecular complexity index is 1380. The molecular formula is C25H19Cl2N3O4. The number of rotatable bonds is 8. The molecule has 1 N–H and O–H groups in total. The summed E-state index contributed by atoms with van der Waals surface area (Å²) in [6.45, 7) is 1.86. The molecule has 0 saturated carbocycles. The van der Waals surface area contributed by atoms with Crippen LogP contribution in [0.5, 0.6) is 11.6 Å². The summed E-state index contributed by atoms with van der Waals surface area (Å²) < 4.78 is 11.3. The molecule has 1 amide bonds. The summed E-state index contributed by atoms with van der Waals surface area (Å²) in [5, 5.41) is 3.35. The number of amides is 1. The molecule has 0 aliphatic heterocycles. The zero-order valence-electron chi connectivity index (χ0n) is 18.0. The molecule has 0 aliphatic carbocycles. The van der Waals surface area contributed by atoms with Crippen LogP contribution >= 0.6 is 23.2 Å². The average molecular weight is 496 g/mol. The third-order valence-electron chi connectivity index (χ3n) is 4.82.